The molecule has 0 saturated heterocycles. The molecule has 0 N–H and O–H groups in total. The van der Waals surface area contributed by atoms with Gasteiger partial charge < -0.3 is 4.42 Å². The first-order chi connectivity index (χ1) is 16.8. The van der Waals surface area contributed by atoms with E-state index in [0.717, 1.165) is 31.9 Å². The molecule has 3 heteroatoms. The van der Waals surface area contributed by atoms with Gasteiger partial charge in [0.2, 0.25) is 0 Å². The highest BCUT2D eigenvalue weighted by molar-refractivity contribution is 7.99. The fraction of sp³-hybridized carbons (Fsp3) is 0.0323. The van der Waals surface area contributed by atoms with Crippen molar-refractivity contribution >= 4 is 45.3 Å². The Morgan fingerprint density at radius 1 is 0.588 bits per heavy atom. The molecule has 2 aliphatic rings. The van der Waals surface area contributed by atoms with Crippen molar-refractivity contribution in [3.8, 4) is 11.1 Å². The molecule has 5 aromatic carbocycles. The van der Waals surface area contributed by atoms with Gasteiger partial charge in [0.15, 0.2) is 0 Å². The van der Waals surface area contributed by atoms with Gasteiger partial charge >= 0.3 is 0 Å². The third-order valence-electron chi connectivity index (χ3n) is 7.42. The molecule has 8 rings (SSSR count). The summed E-state index contributed by atoms with van der Waals surface area (Å²) in [5, 5.41) is 3.10. The Morgan fingerprint density at radius 2 is 1.26 bits per heavy atom. The summed E-state index contributed by atoms with van der Waals surface area (Å²) < 4.78 is 6.28. The van der Waals surface area contributed by atoms with Gasteiger partial charge in [0.1, 0.15) is 11.2 Å². The standard InChI is InChI=1S/C31H17ClOS/c32-26-14-7-13-24-30(26)34-29-17-28-21(20-10-3-6-15-27(20)33-28)16-25(29)31(24)22-11-4-1-8-18(22)19-9-2-5-12-23(19)31/h1-17H. The Bertz CT molecular complexity index is 1770. The lowest BCUT2D eigenvalue weighted by molar-refractivity contribution is 0.664. The third-order valence-corrected chi connectivity index (χ3v) is 9.05. The van der Waals surface area contributed by atoms with Gasteiger partial charge in [0, 0.05) is 20.6 Å². The van der Waals surface area contributed by atoms with Gasteiger partial charge in [-0.2, -0.15) is 0 Å². The molecule has 1 aromatic heterocycles. The smallest absolute Gasteiger partial charge is 0.136 e. The number of hydrogen-bond donors (Lipinski definition) is 0. The van der Waals surface area contributed by atoms with Crippen molar-refractivity contribution < 1.29 is 4.42 Å². The molecular weight excluding hydrogens is 456 g/mol. The lowest BCUT2D eigenvalue weighted by atomic mass is 9.67. The molecule has 0 unspecified atom stereocenters. The van der Waals surface area contributed by atoms with E-state index in [2.05, 4.69) is 84.9 Å². The van der Waals surface area contributed by atoms with Crippen molar-refractivity contribution in [2.24, 2.45) is 0 Å². The summed E-state index contributed by atoms with van der Waals surface area (Å²) >= 11 is 8.61. The quantitative estimate of drug-likeness (QED) is 0.218. The van der Waals surface area contributed by atoms with E-state index < -0.39 is 5.41 Å². The van der Waals surface area contributed by atoms with Crippen molar-refractivity contribution in [1.29, 1.82) is 0 Å². The lowest BCUT2D eigenvalue weighted by Crippen LogP contribution is -2.32. The molecule has 160 valence electrons. The minimum Gasteiger partial charge on any atom is -0.456 e. The number of hydrogen-bond acceptors (Lipinski definition) is 2. The minimum atomic E-state index is -0.430. The van der Waals surface area contributed by atoms with Crippen LogP contribution in [0.5, 0.6) is 0 Å². The fourth-order valence-corrected chi connectivity index (χ4v) is 7.60. The van der Waals surface area contributed by atoms with Gasteiger partial charge in [0.25, 0.3) is 0 Å². The SMILES string of the molecule is Clc1cccc2c1Sc1cc3oc4ccccc4c3cc1C21c2ccccc2-c2ccccc21. The molecule has 1 nitrogen and oxygen atoms in total. The molecule has 6 aromatic rings. The van der Waals surface area contributed by atoms with Crippen molar-refractivity contribution in [1.82, 2.24) is 0 Å². The normalized spacial score (nSPS) is 14.7. The highest BCUT2D eigenvalue weighted by Gasteiger charge is 2.50. The largest absolute Gasteiger partial charge is 0.456 e. The van der Waals surface area contributed by atoms with Crippen LogP contribution in [0.1, 0.15) is 22.3 Å². The second kappa shape index (κ2) is 6.56. The highest BCUT2D eigenvalue weighted by atomic mass is 35.5. The highest BCUT2D eigenvalue weighted by Crippen LogP contribution is 2.63. The van der Waals surface area contributed by atoms with E-state index in [4.69, 9.17) is 16.0 Å². The fourth-order valence-electron chi connectivity index (χ4n) is 6.11. The number of furan rings is 1. The summed E-state index contributed by atoms with van der Waals surface area (Å²) in [5.74, 6) is 0. The third kappa shape index (κ3) is 2.18. The van der Waals surface area contributed by atoms with E-state index >= 15 is 0 Å². The zero-order valence-corrected chi connectivity index (χ0v) is 19.6. The van der Waals surface area contributed by atoms with Crippen LogP contribution >= 0.6 is 23.4 Å². The Morgan fingerprint density at radius 3 is 2.06 bits per heavy atom. The van der Waals surface area contributed by atoms with Gasteiger partial charge in [-0.1, -0.05) is 102 Å². The maximum absolute atomic E-state index is 6.86. The number of benzene rings is 5. The van der Waals surface area contributed by atoms with Gasteiger partial charge in [-0.05, 0) is 57.6 Å². The summed E-state index contributed by atoms with van der Waals surface area (Å²) in [4.78, 5) is 2.32. The van der Waals surface area contributed by atoms with Crippen molar-refractivity contribution in [2.75, 3.05) is 0 Å². The average molecular weight is 473 g/mol. The van der Waals surface area contributed by atoms with Crippen molar-refractivity contribution in [3.05, 3.63) is 130 Å². The first-order valence-corrected chi connectivity index (χ1v) is 12.6. The van der Waals surface area contributed by atoms with Crippen LogP contribution in [-0.4, -0.2) is 0 Å². The first kappa shape index (κ1) is 18.9. The summed E-state index contributed by atoms with van der Waals surface area (Å²) in [6.45, 7) is 0. The van der Waals surface area contributed by atoms with Gasteiger partial charge in [-0.25, -0.2) is 0 Å². The molecule has 2 heterocycles. The Hall–Kier alpha value is -3.46. The topological polar surface area (TPSA) is 13.1 Å². The molecule has 0 radical (unpaired) electrons. The molecule has 1 aliphatic carbocycles. The van der Waals surface area contributed by atoms with Crippen LogP contribution in [0, 0.1) is 0 Å². The van der Waals surface area contributed by atoms with Crippen molar-refractivity contribution in [3.63, 3.8) is 0 Å². The molecule has 0 bridgehead atoms. The van der Waals surface area contributed by atoms with Crippen LogP contribution in [0.2, 0.25) is 5.02 Å². The number of para-hydroxylation sites is 1. The Kier molecular flexibility index (Phi) is 3.65. The van der Waals surface area contributed by atoms with Crippen LogP contribution in [0.3, 0.4) is 0 Å². The van der Waals surface area contributed by atoms with Crippen LogP contribution in [0.4, 0.5) is 0 Å². The van der Waals surface area contributed by atoms with E-state index in [-0.39, 0.29) is 0 Å². The number of rotatable bonds is 0. The minimum absolute atomic E-state index is 0.430. The van der Waals surface area contributed by atoms with Crippen LogP contribution < -0.4 is 0 Å². The predicted octanol–water partition coefficient (Wildman–Crippen LogP) is 9.07. The molecule has 0 atom stereocenters. The summed E-state index contributed by atoms with van der Waals surface area (Å²) in [5.41, 5.74) is 9.16. The molecule has 0 amide bonds. The van der Waals surface area contributed by atoms with E-state index in [0.29, 0.717) is 0 Å². The zero-order valence-electron chi connectivity index (χ0n) is 18.0. The second-order valence-corrected chi connectivity index (χ2v) is 10.5. The maximum atomic E-state index is 6.86. The molecule has 0 fully saturated rings. The summed E-state index contributed by atoms with van der Waals surface area (Å²) in [6, 6.07) is 36.9. The first-order valence-electron chi connectivity index (χ1n) is 11.4. The predicted molar refractivity (Wildman–Crippen MR) is 140 cm³/mol. The van der Waals surface area contributed by atoms with E-state index in [1.807, 2.05) is 18.2 Å². The van der Waals surface area contributed by atoms with Crippen LogP contribution in [0.15, 0.2) is 117 Å². The van der Waals surface area contributed by atoms with Crippen LogP contribution in [-0.2, 0) is 5.41 Å². The van der Waals surface area contributed by atoms with Crippen LogP contribution in [0.25, 0.3) is 33.1 Å². The van der Waals surface area contributed by atoms with Crippen molar-refractivity contribution in [2.45, 2.75) is 15.2 Å². The van der Waals surface area contributed by atoms with Gasteiger partial charge in [0.05, 0.1) is 10.4 Å². The molecule has 0 saturated carbocycles. The summed E-state index contributed by atoms with van der Waals surface area (Å²) in [6.07, 6.45) is 0. The van der Waals surface area contributed by atoms with E-state index in [9.17, 15) is 0 Å². The van der Waals surface area contributed by atoms with Gasteiger partial charge in [-0.3, -0.25) is 0 Å². The lowest BCUT2D eigenvalue weighted by Gasteiger charge is -2.40. The summed E-state index contributed by atoms with van der Waals surface area (Å²) in [7, 11) is 0. The molecular formula is C31H17ClOS. The average Bonchev–Trinajstić information content (AvgIpc) is 3.38. The Labute approximate surface area is 206 Å². The van der Waals surface area contributed by atoms with Gasteiger partial charge in [-0.15, -0.1) is 0 Å². The zero-order chi connectivity index (χ0) is 22.4. The second-order valence-electron chi connectivity index (χ2n) is 9.00. The monoisotopic (exact) mass is 472 g/mol. The van der Waals surface area contributed by atoms with E-state index in [1.165, 1.54) is 38.3 Å². The molecule has 1 spiro atoms. The number of halogens is 1. The number of fused-ring (bicyclic) bond motifs is 12. The maximum Gasteiger partial charge on any atom is 0.136 e. The molecule has 1 aliphatic heterocycles. The molecule has 34 heavy (non-hydrogen) atoms. The Balaban J connectivity index is 1.61. The van der Waals surface area contributed by atoms with E-state index in [1.54, 1.807) is 11.8 Å².